The van der Waals surface area contributed by atoms with Gasteiger partial charge in [-0.05, 0) is 55.8 Å². The van der Waals surface area contributed by atoms with Gasteiger partial charge in [-0.1, -0.05) is 11.2 Å². The van der Waals surface area contributed by atoms with Crippen molar-refractivity contribution in [2.24, 2.45) is 0 Å². The van der Waals surface area contributed by atoms with E-state index in [1.165, 1.54) is 17.0 Å². The standard InChI is InChI=1S/C23H18FN5O3/c1-13(15-6-7-19(17(24)11-15)29-9-4-8-25-29)26-22(30)16-12-18(20-5-3-10-31-20)27-23-21(16)14(2)28-32-23/h3-13H,1-2H3,(H,26,30)/t13-/m1/s1. The molecule has 32 heavy (non-hydrogen) atoms. The summed E-state index contributed by atoms with van der Waals surface area (Å²) in [5.41, 5.74) is 2.53. The van der Waals surface area contributed by atoms with Crippen molar-refractivity contribution in [3.8, 4) is 17.1 Å². The molecule has 8 nitrogen and oxygen atoms in total. The third-order valence-corrected chi connectivity index (χ3v) is 5.21. The van der Waals surface area contributed by atoms with E-state index in [0.29, 0.717) is 39.3 Å². The summed E-state index contributed by atoms with van der Waals surface area (Å²) in [6, 6.07) is 11.1. The van der Waals surface area contributed by atoms with Crippen molar-refractivity contribution in [3.63, 3.8) is 0 Å². The van der Waals surface area contributed by atoms with Crippen molar-refractivity contribution < 1.29 is 18.1 Å². The van der Waals surface area contributed by atoms with E-state index >= 15 is 0 Å². The number of nitrogens with zero attached hydrogens (tertiary/aromatic N) is 4. The Balaban J connectivity index is 1.46. The molecule has 1 aromatic carbocycles. The topological polar surface area (TPSA) is 99.0 Å². The van der Waals surface area contributed by atoms with Gasteiger partial charge in [-0.15, -0.1) is 0 Å². The molecule has 0 spiro atoms. The molecule has 0 unspecified atom stereocenters. The van der Waals surface area contributed by atoms with Crippen LogP contribution in [0.1, 0.15) is 34.6 Å². The molecule has 0 aliphatic rings. The zero-order chi connectivity index (χ0) is 22.2. The molecule has 0 saturated heterocycles. The van der Waals surface area contributed by atoms with E-state index in [4.69, 9.17) is 8.94 Å². The molecule has 0 aliphatic carbocycles. The summed E-state index contributed by atoms with van der Waals surface area (Å²) >= 11 is 0. The molecule has 0 radical (unpaired) electrons. The van der Waals surface area contributed by atoms with Gasteiger partial charge < -0.3 is 14.3 Å². The molecule has 1 amide bonds. The number of hydrogen-bond donors (Lipinski definition) is 1. The number of hydrogen-bond acceptors (Lipinski definition) is 6. The molecule has 1 atom stereocenters. The van der Waals surface area contributed by atoms with Crippen LogP contribution in [0, 0.1) is 12.7 Å². The molecule has 9 heteroatoms. The van der Waals surface area contributed by atoms with Crippen molar-refractivity contribution >= 4 is 17.0 Å². The maximum atomic E-state index is 14.7. The van der Waals surface area contributed by atoms with Crippen molar-refractivity contribution in [2.75, 3.05) is 0 Å². The van der Waals surface area contributed by atoms with E-state index in [1.54, 1.807) is 62.6 Å². The molecule has 5 rings (SSSR count). The Hall–Kier alpha value is -4.27. The van der Waals surface area contributed by atoms with Crippen molar-refractivity contribution in [3.05, 3.63) is 83.8 Å². The average Bonchev–Trinajstić information content (AvgIpc) is 3.55. The predicted octanol–water partition coefficient (Wildman–Crippen LogP) is 4.61. The minimum Gasteiger partial charge on any atom is -0.463 e. The number of fused-ring (bicyclic) bond motifs is 1. The number of amides is 1. The minimum absolute atomic E-state index is 0.240. The summed E-state index contributed by atoms with van der Waals surface area (Å²) in [4.78, 5) is 17.6. The Kier molecular flexibility index (Phi) is 4.78. The van der Waals surface area contributed by atoms with Gasteiger partial charge in [-0.3, -0.25) is 4.79 Å². The first-order chi connectivity index (χ1) is 15.5. The lowest BCUT2D eigenvalue weighted by atomic mass is 10.0. The van der Waals surface area contributed by atoms with Crippen LogP contribution in [0.4, 0.5) is 4.39 Å². The lowest BCUT2D eigenvalue weighted by Crippen LogP contribution is -2.27. The average molecular weight is 431 g/mol. The Morgan fingerprint density at radius 2 is 2.09 bits per heavy atom. The zero-order valence-electron chi connectivity index (χ0n) is 17.2. The van der Waals surface area contributed by atoms with Crippen molar-refractivity contribution in [1.82, 2.24) is 25.2 Å². The molecular weight excluding hydrogens is 413 g/mol. The second-order valence-corrected chi connectivity index (χ2v) is 7.34. The lowest BCUT2D eigenvalue weighted by molar-refractivity contribution is 0.0941. The number of nitrogens with one attached hydrogen (secondary N) is 1. The minimum atomic E-state index is -0.459. The third-order valence-electron chi connectivity index (χ3n) is 5.21. The van der Waals surface area contributed by atoms with Crippen LogP contribution >= 0.6 is 0 Å². The summed E-state index contributed by atoms with van der Waals surface area (Å²) in [5.74, 6) is -0.298. The van der Waals surface area contributed by atoms with Gasteiger partial charge in [0.15, 0.2) is 5.76 Å². The van der Waals surface area contributed by atoms with Gasteiger partial charge in [0.1, 0.15) is 17.2 Å². The second kappa shape index (κ2) is 7.77. The van der Waals surface area contributed by atoms with Gasteiger partial charge >= 0.3 is 0 Å². The predicted molar refractivity (Wildman–Crippen MR) is 114 cm³/mol. The van der Waals surface area contributed by atoms with E-state index in [0.717, 1.165) is 0 Å². The van der Waals surface area contributed by atoms with Crippen LogP contribution in [0.3, 0.4) is 0 Å². The number of furan rings is 1. The summed E-state index contributed by atoms with van der Waals surface area (Å²) < 4.78 is 26.8. The van der Waals surface area contributed by atoms with Crippen LogP contribution in [0.5, 0.6) is 0 Å². The fraction of sp³-hybridized carbons (Fsp3) is 0.130. The van der Waals surface area contributed by atoms with Gasteiger partial charge in [0.05, 0.1) is 28.9 Å². The summed E-state index contributed by atoms with van der Waals surface area (Å²) in [6.07, 6.45) is 4.77. The van der Waals surface area contributed by atoms with E-state index in [9.17, 15) is 9.18 Å². The zero-order valence-corrected chi connectivity index (χ0v) is 17.2. The highest BCUT2D eigenvalue weighted by molar-refractivity contribution is 6.07. The van der Waals surface area contributed by atoms with Gasteiger partial charge in [0.25, 0.3) is 11.6 Å². The first-order valence-electron chi connectivity index (χ1n) is 9.92. The van der Waals surface area contributed by atoms with Crippen LogP contribution in [-0.4, -0.2) is 25.8 Å². The largest absolute Gasteiger partial charge is 0.463 e. The number of pyridine rings is 1. The van der Waals surface area contributed by atoms with Gasteiger partial charge in [0, 0.05) is 12.4 Å². The molecule has 4 heterocycles. The first kappa shape index (κ1) is 19.7. The second-order valence-electron chi connectivity index (χ2n) is 7.34. The molecule has 0 bridgehead atoms. The van der Waals surface area contributed by atoms with Crippen molar-refractivity contribution in [2.45, 2.75) is 19.9 Å². The lowest BCUT2D eigenvalue weighted by Gasteiger charge is -2.16. The van der Waals surface area contributed by atoms with Crippen LogP contribution in [0.2, 0.25) is 0 Å². The molecule has 1 N–H and O–H groups in total. The SMILES string of the molecule is Cc1noc2nc(-c3ccco3)cc(C(=O)N[C@H](C)c3ccc(-n4cccn4)c(F)c3)c12. The number of benzene rings is 1. The smallest absolute Gasteiger partial charge is 0.259 e. The number of carbonyl (C=O) groups is 1. The highest BCUT2D eigenvalue weighted by atomic mass is 19.1. The number of rotatable bonds is 5. The fourth-order valence-corrected chi connectivity index (χ4v) is 3.57. The van der Waals surface area contributed by atoms with Gasteiger partial charge in [-0.25, -0.2) is 14.1 Å². The molecular formula is C23H18FN5O3. The Bertz CT molecular complexity index is 1410. The first-order valence-corrected chi connectivity index (χ1v) is 9.92. The van der Waals surface area contributed by atoms with Gasteiger partial charge in [-0.2, -0.15) is 5.10 Å². The van der Waals surface area contributed by atoms with Crippen LogP contribution in [0.25, 0.3) is 28.2 Å². The Labute approximate surface area is 181 Å². The molecule has 160 valence electrons. The maximum absolute atomic E-state index is 14.7. The number of aromatic nitrogens is 4. The van der Waals surface area contributed by atoms with Crippen LogP contribution in [-0.2, 0) is 0 Å². The van der Waals surface area contributed by atoms with E-state index < -0.39 is 11.9 Å². The third kappa shape index (κ3) is 3.43. The van der Waals surface area contributed by atoms with Crippen LogP contribution in [0.15, 0.2) is 70.1 Å². The quantitative estimate of drug-likeness (QED) is 0.436. The molecule has 0 saturated carbocycles. The molecule has 5 aromatic rings. The Morgan fingerprint density at radius 3 is 2.81 bits per heavy atom. The molecule has 0 aliphatic heterocycles. The highest BCUT2D eigenvalue weighted by Gasteiger charge is 2.22. The molecule has 4 aromatic heterocycles. The normalized spacial score (nSPS) is 12.2. The molecule has 0 fully saturated rings. The number of carbonyl (C=O) groups excluding carboxylic acids is 1. The van der Waals surface area contributed by atoms with Crippen molar-refractivity contribution in [1.29, 1.82) is 0 Å². The Morgan fingerprint density at radius 1 is 1.22 bits per heavy atom. The summed E-state index contributed by atoms with van der Waals surface area (Å²) in [7, 11) is 0. The van der Waals surface area contributed by atoms with Crippen LogP contribution < -0.4 is 5.32 Å². The fourth-order valence-electron chi connectivity index (χ4n) is 3.57. The van der Waals surface area contributed by atoms with E-state index in [-0.39, 0.29) is 11.6 Å². The number of halogens is 1. The van der Waals surface area contributed by atoms with E-state index in [1.807, 2.05) is 0 Å². The number of aryl methyl sites for hydroxylation is 1. The summed E-state index contributed by atoms with van der Waals surface area (Å²) in [5, 5.41) is 11.4. The summed E-state index contributed by atoms with van der Waals surface area (Å²) in [6.45, 7) is 3.52. The monoisotopic (exact) mass is 431 g/mol. The maximum Gasteiger partial charge on any atom is 0.259 e. The highest BCUT2D eigenvalue weighted by Crippen LogP contribution is 2.28. The van der Waals surface area contributed by atoms with E-state index in [2.05, 4.69) is 20.6 Å². The van der Waals surface area contributed by atoms with Gasteiger partial charge in [0.2, 0.25) is 0 Å².